The molecule has 2 saturated heterocycles. The highest BCUT2D eigenvalue weighted by atomic mass is 19.4. The lowest BCUT2D eigenvalue weighted by Crippen LogP contribution is -2.46. The number of carbonyl (C=O) groups is 5. The minimum absolute atomic E-state index is 0. The highest BCUT2D eigenvalue weighted by Crippen LogP contribution is 2.33. The number of rotatable bonds is 22. The van der Waals surface area contributed by atoms with Crippen LogP contribution in [0.2, 0.25) is 0 Å². The molecule has 2 aromatic heterocycles. The molecule has 0 aliphatic carbocycles. The predicted octanol–water partition coefficient (Wildman–Crippen LogP) is 12.0. The van der Waals surface area contributed by atoms with E-state index in [2.05, 4.69) is 49.6 Å². The fraction of sp³-hybridized carbons (Fsp3) is 0.597. The zero-order valence-corrected chi connectivity index (χ0v) is 51.3. The normalized spacial score (nSPS) is 13.9. The van der Waals surface area contributed by atoms with Crippen LogP contribution in [0, 0.1) is 0 Å². The Morgan fingerprint density at radius 2 is 0.942 bits per heavy atom. The summed E-state index contributed by atoms with van der Waals surface area (Å²) in [6, 6.07) is 11.2. The standard InChI is InChI=1S/C31H43F3N6O5.C29H44N6O4.2CH4/c1-8-38(9-2)28-35-19-24(40(20(3)4)27(42)31(32,33)34)25(37-28)36-23(26(41)45-30(5,6)7)18-21-12-14-22(15-13-21)44-29(43)39-16-10-11-17-39;1-8-34(9-2)27-30-19-24(31-20(3)4)25(33-27)32-23(26(36)39-29(5,6)7)18-21-12-14-22(15-13-21)38-28(37)35-16-10-11-17-35;;/h12-15,19-20,23H,8-11,16-18H2,1-7H3,(H,35,36,37);12-15,19-20,23,31H,8-11,16-18H2,1-7H3,(H,30,32,33);2*1H4/t2*23-;;/m00../s1. The van der Waals surface area contributed by atoms with Crippen LogP contribution in [-0.4, -0.2) is 154 Å². The summed E-state index contributed by atoms with van der Waals surface area (Å²) >= 11 is 0. The largest absolute Gasteiger partial charge is 0.471 e. The molecule has 0 bridgehead atoms. The summed E-state index contributed by atoms with van der Waals surface area (Å²) in [6.07, 6.45) is 1.23. The van der Waals surface area contributed by atoms with E-state index in [4.69, 9.17) is 23.9 Å². The summed E-state index contributed by atoms with van der Waals surface area (Å²) in [5.74, 6) is -1.15. The molecule has 2 fully saturated rings. The van der Waals surface area contributed by atoms with Crippen LogP contribution in [0.25, 0.3) is 0 Å². The number of amides is 3. The molecule has 6 rings (SSSR count). The van der Waals surface area contributed by atoms with E-state index >= 15 is 0 Å². The number of benzene rings is 2. The van der Waals surface area contributed by atoms with Crippen LogP contribution < -0.4 is 40.1 Å². The van der Waals surface area contributed by atoms with Crippen molar-refractivity contribution < 1.29 is 56.1 Å². The lowest BCUT2D eigenvalue weighted by atomic mass is 10.0. The molecule has 0 radical (unpaired) electrons. The van der Waals surface area contributed by atoms with E-state index in [0.717, 1.165) is 63.6 Å². The highest BCUT2D eigenvalue weighted by Gasteiger charge is 2.45. The first-order valence-corrected chi connectivity index (χ1v) is 29.0. The Balaban J connectivity index is 0.000000444. The lowest BCUT2D eigenvalue weighted by molar-refractivity contribution is -0.170. The highest BCUT2D eigenvalue weighted by molar-refractivity contribution is 6.00. The average Bonchev–Trinajstić information content (AvgIpc) is 1.84. The van der Waals surface area contributed by atoms with Crippen LogP contribution in [-0.2, 0) is 36.7 Å². The number of ether oxygens (including phenoxy) is 4. The first-order chi connectivity index (χ1) is 39.5. The number of carbonyl (C=O) groups excluding carboxylic acids is 5. The first-order valence-electron chi connectivity index (χ1n) is 29.0. The number of esters is 2. The van der Waals surface area contributed by atoms with Crippen molar-refractivity contribution in [3.05, 3.63) is 72.1 Å². The maximum absolute atomic E-state index is 13.7. The zero-order valence-electron chi connectivity index (χ0n) is 51.3. The average molecular weight is 1210 g/mol. The fourth-order valence-electron chi connectivity index (χ4n) is 9.08. The first kappa shape index (κ1) is 72.6. The van der Waals surface area contributed by atoms with Gasteiger partial charge in [-0.1, -0.05) is 39.1 Å². The smallest absolute Gasteiger partial charge is 0.458 e. The Hall–Kier alpha value is -7.66. The molecule has 478 valence electrons. The second-order valence-corrected chi connectivity index (χ2v) is 23.0. The quantitative estimate of drug-likeness (QED) is 0.0622. The van der Waals surface area contributed by atoms with Gasteiger partial charge in [-0.3, -0.25) is 9.69 Å². The van der Waals surface area contributed by atoms with E-state index < -0.39 is 53.5 Å². The van der Waals surface area contributed by atoms with Gasteiger partial charge in [0.1, 0.15) is 40.5 Å². The molecule has 3 amide bonds. The van der Waals surface area contributed by atoms with Crippen LogP contribution >= 0.6 is 0 Å². The zero-order chi connectivity index (χ0) is 62.1. The third-order valence-electron chi connectivity index (χ3n) is 13.2. The fourth-order valence-corrected chi connectivity index (χ4v) is 9.08. The summed E-state index contributed by atoms with van der Waals surface area (Å²) < 4.78 is 63.5. The molecule has 3 N–H and O–H groups in total. The molecule has 0 saturated carbocycles. The predicted molar refractivity (Wildman–Crippen MR) is 333 cm³/mol. The number of hydrogen-bond donors (Lipinski definition) is 3. The third-order valence-corrected chi connectivity index (χ3v) is 13.2. The van der Waals surface area contributed by atoms with Crippen molar-refractivity contribution in [2.24, 2.45) is 0 Å². The number of aromatic nitrogens is 4. The van der Waals surface area contributed by atoms with E-state index in [9.17, 15) is 37.1 Å². The van der Waals surface area contributed by atoms with Crippen LogP contribution in [0.4, 0.5) is 57.7 Å². The number of alkyl halides is 3. The number of halogens is 3. The summed E-state index contributed by atoms with van der Waals surface area (Å²) in [5.41, 5.74) is 0.477. The Kier molecular flexibility index (Phi) is 27.6. The van der Waals surface area contributed by atoms with Crippen LogP contribution in [0.1, 0.15) is 149 Å². The van der Waals surface area contributed by atoms with Crippen molar-refractivity contribution in [3.63, 3.8) is 0 Å². The molecule has 2 atom stereocenters. The Morgan fingerprint density at radius 1 is 0.570 bits per heavy atom. The molecule has 0 unspecified atom stereocenters. The van der Waals surface area contributed by atoms with Gasteiger partial charge in [0.2, 0.25) is 11.9 Å². The van der Waals surface area contributed by atoms with E-state index in [1.807, 2.05) is 60.6 Å². The van der Waals surface area contributed by atoms with Gasteiger partial charge < -0.3 is 54.5 Å². The molecular formula is C62H95F3N12O9. The lowest BCUT2D eigenvalue weighted by Gasteiger charge is -2.31. The van der Waals surface area contributed by atoms with E-state index in [1.165, 1.54) is 13.8 Å². The maximum atomic E-state index is 13.7. The Bertz CT molecular complexity index is 2790. The number of hydrogen-bond acceptors (Lipinski definition) is 18. The molecule has 24 heteroatoms. The van der Waals surface area contributed by atoms with Gasteiger partial charge in [-0.05, 0) is 158 Å². The van der Waals surface area contributed by atoms with E-state index in [0.29, 0.717) is 72.0 Å². The van der Waals surface area contributed by atoms with Crippen molar-refractivity contribution in [2.45, 2.75) is 192 Å². The van der Waals surface area contributed by atoms with Crippen molar-refractivity contribution >= 4 is 64.9 Å². The maximum Gasteiger partial charge on any atom is 0.471 e. The molecule has 86 heavy (non-hydrogen) atoms. The van der Waals surface area contributed by atoms with Gasteiger partial charge in [0.05, 0.1) is 18.1 Å². The Morgan fingerprint density at radius 3 is 1.29 bits per heavy atom. The minimum atomic E-state index is -5.16. The molecule has 4 aromatic rings. The van der Waals surface area contributed by atoms with Gasteiger partial charge in [-0.2, -0.15) is 23.1 Å². The summed E-state index contributed by atoms with van der Waals surface area (Å²) in [6.45, 7) is 30.7. The summed E-state index contributed by atoms with van der Waals surface area (Å²) in [7, 11) is 0. The van der Waals surface area contributed by atoms with Gasteiger partial charge in [-0.25, -0.2) is 29.1 Å². The van der Waals surface area contributed by atoms with Crippen LogP contribution in [0.3, 0.4) is 0 Å². The molecule has 4 heterocycles. The molecule has 21 nitrogen and oxygen atoms in total. The number of nitrogens with zero attached hydrogens (tertiary/aromatic N) is 9. The SMILES string of the molecule is C.C.CCN(CC)c1ncc(N(C(=O)C(F)(F)F)C(C)C)c(N[C@@H](Cc2ccc(OC(=O)N3CCCC3)cc2)C(=O)OC(C)(C)C)n1.CCN(CC)c1ncc(NC(C)C)c(N[C@@H](Cc2ccc(OC(=O)N3CCCC3)cc2)C(=O)OC(C)(C)C)n1. The molecular weight excluding hydrogens is 1110 g/mol. The van der Waals surface area contributed by atoms with Crippen molar-refractivity contribution in [3.8, 4) is 11.5 Å². The van der Waals surface area contributed by atoms with Gasteiger partial charge in [0, 0.05) is 77.3 Å². The molecule has 0 spiro atoms. The van der Waals surface area contributed by atoms with E-state index in [-0.39, 0.29) is 56.8 Å². The molecule has 2 aliphatic rings. The van der Waals surface area contributed by atoms with Gasteiger partial charge in [-0.15, -0.1) is 0 Å². The molecule has 2 aromatic carbocycles. The van der Waals surface area contributed by atoms with Crippen molar-refractivity contribution in [1.29, 1.82) is 0 Å². The van der Waals surface area contributed by atoms with Crippen LogP contribution in [0.15, 0.2) is 60.9 Å². The topological polar surface area (TPSA) is 226 Å². The van der Waals surface area contributed by atoms with Gasteiger partial charge in [0.15, 0.2) is 11.6 Å². The van der Waals surface area contributed by atoms with Crippen LogP contribution in [0.5, 0.6) is 11.5 Å². The van der Waals surface area contributed by atoms with Crippen molar-refractivity contribution in [1.82, 2.24) is 29.7 Å². The van der Waals surface area contributed by atoms with Gasteiger partial charge >= 0.3 is 36.2 Å². The number of anilines is 6. The second-order valence-electron chi connectivity index (χ2n) is 23.0. The summed E-state index contributed by atoms with van der Waals surface area (Å²) in [5, 5.41) is 9.70. The number of likely N-dealkylation sites (tertiary alicyclic amines) is 2. The van der Waals surface area contributed by atoms with Crippen molar-refractivity contribution in [2.75, 3.05) is 83.0 Å². The number of nitrogens with one attached hydrogen (secondary N) is 3. The third kappa shape index (κ3) is 22.0. The minimum Gasteiger partial charge on any atom is -0.458 e. The Labute approximate surface area is 507 Å². The second kappa shape index (κ2) is 32.7. The van der Waals surface area contributed by atoms with E-state index in [1.54, 1.807) is 78.1 Å². The monoisotopic (exact) mass is 1210 g/mol. The van der Waals surface area contributed by atoms with Gasteiger partial charge in [0.25, 0.3) is 0 Å². The molecule has 2 aliphatic heterocycles. The summed E-state index contributed by atoms with van der Waals surface area (Å²) in [4.78, 5) is 90.0.